The quantitative estimate of drug-likeness (QED) is 0.444. The average molecular weight is 323 g/mol. The Morgan fingerprint density at radius 3 is 2.33 bits per heavy atom. The van der Waals surface area contributed by atoms with Crippen LogP contribution in [0.4, 0.5) is 0 Å². The largest absolute Gasteiger partial charge is 0.515 e. The highest BCUT2D eigenvalue weighted by molar-refractivity contribution is 5.87. The lowest BCUT2D eigenvalue weighted by Crippen LogP contribution is -2.09. The first-order valence-electron chi connectivity index (χ1n) is 7.57. The fourth-order valence-corrected chi connectivity index (χ4v) is 2.20. The Hall–Kier alpha value is -3.15. The first-order valence-corrected chi connectivity index (χ1v) is 7.57. The van der Waals surface area contributed by atoms with Gasteiger partial charge in [-0.15, -0.1) is 10.2 Å². The van der Waals surface area contributed by atoms with Gasteiger partial charge in [-0.1, -0.05) is 24.3 Å². The lowest BCUT2D eigenvalue weighted by molar-refractivity contribution is -0.139. The van der Waals surface area contributed by atoms with Crippen LogP contribution in [0.1, 0.15) is 12.5 Å². The first-order chi connectivity index (χ1) is 11.7. The van der Waals surface area contributed by atoms with E-state index in [-0.39, 0.29) is 12.2 Å². The third-order valence-electron chi connectivity index (χ3n) is 3.59. The second kappa shape index (κ2) is 6.95. The predicted octanol–water partition coefficient (Wildman–Crippen LogP) is 2.97. The molecule has 0 bridgehead atoms. The van der Waals surface area contributed by atoms with Crippen LogP contribution in [0.25, 0.3) is 16.7 Å². The van der Waals surface area contributed by atoms with E-state index in [0.29, 0.717) is 6.42 Å². The third kappa shape index (κ3) is 3.43. The summed E-state index contributed by atoms with van der Waals surface area (Å²) < 4.78 is 5.06. The number of hydrogen-bond donors (Lipinski definition) is 1. The molecule has 6 heteroatoms. The summed E-state index contributed by atoms with van der Waals surface area (Å²) in [7, 11) is 0. The highest BCUT2D eigenvalue weighted by Crippen LogP contribution is 2.13. The van der Waals surface area contributed by atoms with Crippen LogP contribution in [0.15, 0.2) is 60.4 Å². The fourth-order valence-electron chi connectivity index (χ4n) is 2.20. The molecular formula is C18H17N3O3. The van der Waals surface area contributed by atoms with Gasteiger partial charge < -0.3 is 9.84 Å². The molecule has 6 nitrogen and oxygen atoms in total. The van der Waals surface area contributed by atoms with Gasteiger partial charge in [0, 0.05) is 6.42 Å². The van der Waals surface area contributed by atoms with E-state index in [1.165, 1.54) is 6.92 Å². The summed E-state index contributed by atoms with van der Waals surface area (Å²) >= 11 is 0. The van der Waals surface area contributed by atoms with Gasteiger partial charge in [-0.2, -0.15) is 4.80 Å². The number of carbonyl (C=O) groups is 1. The summed E-state index contributed by atoms with van der Waals surface area (Å²) in [6, 6.07) is 15.5. The molecule has 0 saturated carbocycles. The smallest absolute Gasteiger partial charge is 0.336 e. The second-order valence-corrected chi connectivity index (χ2v) is 5.34. The molecule has 24 heavy (non-hydrogen) atoms. The summed E-state index contributed by atoms with van der Waals surface area (Å²) in [5, 5.41) is 17.6. The normalized spacial score (nSPS) is 11.6. The molecule has 3 rings (SSSR count). The molecule has 122 valence electrons. The summed E-state index contributed by atoms with van der Waals surface area (Å²) in [6.07, 6.45) is 1.34. The highest BCUT2D eigenvalue weighted by Gasteiger charge is 2.06. The van der Waals surface area contributed by atoms with Crippen LogP contribution in [0.2, 0.25) is 0 Å². The van der Waals surface area contributed by atoms with Crippen LogP contribution < -0.4 is 0 Å². The molecule has 3 aromatic rings. The van der Waals surface area contributed by atoms with Crippen molar-refractivity contribution in [3.05, 3.63) is 65.9 Å². The monoisotopic (exact) mass is 323 g/mol. The van der Waals surface area contributed by atoms with Gasteiger partial charge in [0.1, 0.15) is 11.0 Å². The van der Waals surface area contributed by atoms with Crippen molar-refractivity contribution in [2.45, 2.75) is 13.3 Å². The topological polar surface area (TPSA) is 77.2 Å². The molecule has 1 aromatic heterocycles. The maximum absolute atomic E-state index is 11.4. The number of ether oxygens (including phenoxy) is 1. The number of fused-ring (bicyclic) bond motifs is 1. The zero-order valence-electron chi connectivity index (χ0n) is 13.2. The van der Waals surface area contributed by atoms with Gasteiger partial charge in [-0.05, 0) is 36.8 Å². The number of rotatable bonds is 5. The number of aliphatic hydroxyl groups is 1. The number of aromatic nitrogens is 3. The van der Waals surface area contributed by atoms with E-state index in [0.717, 1.165) is 28.5 Å². The average Bonchev–Trinajstić information content (AvgIpc) is 3.05. The molecule has 0 amide bonds. The van der Waals surface area contributed by atoms with E-state index in [9.17, 15) is 4.79 Å². The Labute approximate surface area is 139 Å². The number of carbonyl (C=O) groups excluding carboxylic acids is 1. The molecule has 1 N–H and O–H groups in total. The van der Waals surface area contributed by atoms with Crippen molar-refractivity contribution < 1.29 is 14.6 Å². The minimum absolute atomic E-state index is 0.183. The van der Waals surface area contributed by atoms with Gasteiger partial charge in [0.25, 0.3) is 0 Å². The fraction of sp³-hybridized carbons (Fsp3) is 0.167. The van der Waals surface area contributed by atoms with Crippen LogP contribution in [0.3, 0.4) is 0 Å². The molecule has 1 heterocycles. The molecule has 0 aliphatic heterocycles. The van der Waals surface area contributed by atoms with Crippen LogP contribution in [0.5, 0.6) is 0 Å². The Morgan fingerprint density at radius 1 is 1.12 bits per heavy atom. The van der Waals surface area contributed by atoms with E-state index in [1.807, 2.05) is 48.5 Å². The predicted molar refractivity (Wildman–Crippen MR) is 89.9 cm³/mol. The number of hydrogen-bond acceptors (Lipinski definition) is 5. The van der Waals surface area contributed by atoms with Crippen molar-refractivity contribution >= 4 is 17.0 Å². The maximum atomic E-state index is 11.4. The lowest BCUT2D eigenvalue weighted by Gasteiger charge is -2.05. The van der Waals surface area contributed by atoms with Crippen molar-refractivity contribution in [1.82, 2.24) is 15.0 Å². The number of benzene rings is 2. The Kier molecular flexibility index (Phi) is 4.56. The molecule has 2 aromatic carbocycles. The number of aliphatic hydroxyl groups excluding tert-OH is 1. The van der Waals surface area contributed by atoms with E-state index in [1.54, 1.807) is 4.80 Å². The van der Waals surface area contributed by atoms with Crippen LogP contribution in [-0.4, -0.2) is 32.7 Å². The van der Waals surface area contributed by atoms with Gasteiger partial charge in [0.15, 0.2) is 0 Å². The SMILES string of the molecule is C/C(=C\O)C(=O)OCCc1ccc(-n2nc3ccccc3n2)cc1. The molecule has 0 unspecified atom stereocenters. The summed E-state index contributed by atoms with van der Waals surface area (Å²) in [4.78, 5) is 13.0. The third-order valence-corrected chi connectivity index (χ3v) is 3.59. The second-order valence-electron chi connectivity index (χ2n) is 5.34. The molecule has 0 radical (unpaired) electrons. The zero-order valence-corrected chi connectivity index (χ0v) is 13.2. The molecule has 0 aliphatic carbocycles. The van der Waals surface area contributed by atoms with Gasteiger partial charge >= 0.3 is 5.97 Å². The Balaban J connectivity index is 1.64. The minimum atomic E-state index is -0.512. The van der Waals surface area contributed by atoms with Crippen LogP contribution >= 0.6 is 0 Å². The summed E-state index contributed by atoms with van der Waals surface area (Å²) in [5.41, 5.74) is 3.78. The summed E-state index contributed by atoms with van der Waals surface area (Å²) in [6.45, 7) is 1.76. The lowest BCUT2D eigenvalue weighted by atomic mass is 10.1. The molecule has 0 fully saturated rings. The molecule has 0 aliphatic rings. The van der Waals surface area contributed by atoms with Crippen molar-refractivity contribution in [2.24, 2.45) is 0 Å². The Morgan fingerprint density at radius 2 is 1.75 bits per heavy atom. The zero-order chi connectivity index (χ0) is 16.9. The summed E-state index contributed by atoms with van der Waals surface area (Å²) in [5.74, 6) is -0.512. The van der Waals surface area contributed by atoms with E-state index in [2.05, 4.69) is 10.2 Å². The molecular weight excluding hydrogens is 306 g/mol. The van der Waals surface area contributed by atoms with Crippen molar-refractivity contribution in [3.63, 3.8) is 0 Å². The van der Waals surface area contributed by atoms with E-state index in [4.69, 9.17) is 9.84 Å². The van der Waals surface area contributed by atoms with Crippen molar-refractivity contribution in [1.29, 1.82) is 0 Å². The minimum Gasteiger partial charge on any atom is -0.515 e. The molecule has 0 saturated heterocycles. The number of nitrogens with zero attached hydrogens (tertiary/aromatic N) is 3. The van der Waals surface area contributed by atoms with Gasteiger partial charge in [0.2, 0.25) is 0 Å². The van der Waals surface area contributed by atoms with Crippen molar-refractivity contribution in [2.75, 3.05) is 6.61 Å². The van der Waals surface area contributed by atoms with Crippen LogP contribution in [0, 0.1) is 0 Å². The van der Waals surface area contributed by atoms with E-state index < -0.39 is 5.97 Å². The van der Waals surface area contributed by atoms with Crippen LogP contribution in [-0.2, 0) is 16.0 Å². The van der Waals surface area contributed by atoms with Crippen molar-refractivity contribution in [3.8, 4) is 5.69 Å². The first kappa shape index (κ1) is 15.7. The van der Waals surface area contributed by atoms with Gasteiger partial charge in [0.05, 0.1) is 24.1 Å². The maximum Gasteiger partial charge on any atom is 0.336 e. The van der Waals surface area contributed by atoms with E-state index >= 15 is 0 Å². The van der Waals surface area contributed by atoms with Gasteiger partial charge in [-0.3, -0.25) is 0 Å². The van der Waals surface area contributed by atoms with Gasteiger partial charge in [-0.25, -0.2) is 4.79 Å². The highest BCUT2D eigenvalue weighted by atomic mass is 16.5. The number of esters is 1. The standard InChI is InChI=1S/C18H17N3O3/c1-13(12-22)18(23)24-11-10-14-6-8-15(9-7-14)21-19-16-4-2-3-5-17(16)20-21/h2-9,12,22H,10-11H2,1H3/b13-12+. The Bertz CT molecular complexity index is 849. The molecule has 0 spiro atoms. The molecule has 0 atom stereocenters.